The van der Waals surface area contributed by atoms with Gasteiger partial charge >= 0.3 is 6.18 Å². The Balaban J connectivity index is 1.61. The molecule has 1 amide bonds. The van der Waals surface area contributed by atoms with Crippen molar-refractivity contribution in [2.24, 2.45) is 0 Å². The molecule has 0 saturated heterocycles. The van der Waals surface area contributed by atoms with Crippen molar-refractivity contribution in [2.45, 2.75) is 17.5 Å². The lowest BCUT2D eigenvalue weighted by Gasteiger charge is -2.13. The van der Waals surface area contributed by atoms with Crippen LogP contribution in [0.2, 0.25) is 0 Å². The second-order valence-electron chi connectivity index (χ2n) is 7.02. The molecule has 0 aliphatic rings. The summed E-state index contributed by atoms with van der Waals surface area (Å²) in [5.74, 6) is 0.0572. The number of hydrogen-bond acceptors (Lipinski definition) is 4. The Labute approximate surface area is 189 Å². The molecule has 0 heterocycles. The van der Waals surface area contributed by atoms with Crippen LogP contribution in [0.25, 0.3) is 0 Å². The zero-order chi connectivity index (χ0) is 24.1. The summed E-state index contributed by atoms with van der Waals surface area (Å²) in [5, 5.41) is 2.55. The number of carbonyl (C=O) groups excluding carboxylic acids is 1. The fraction of sp³-hybridized carbons (Fsp3) is 0.174. The molecule has 0 saturated carbocycles. The number of alkyl halides is 3. The largest absolute Gasteiger partial charge is 0.497 e. The number of nitrogens with one attached hydrogen (secondary N) is 2. The van der Waals surface area contributed by atoms with Crippen LogP contribution in [0.4, 0.5) is 18.9 Å². The molecule has 10 heteroatoms. The van der Waals surface area contributed by atoms with E-state index in [-0.39, 0.29) is 29.0 Å². The molecule has 0 aliphatic heterocycles. The molecule has 0 radical (unpaired) electrons. The first-order valence-corrected chi connectivity index (χ1v) is 11.3. The van der Waals surface area contributed by atoms with E-state index in [1.165, 1.54) is 49.6 Å². The van der Waals surface area contributed by atoms with E-state index >= 15 is 0 Å². The number of sulfonamides is 1. The molecule has 0 unspecified atom stereocenters. The van der Waals surface area contributed by atoms with Gasteiger partial charge in [0.2, 0.25) is 0 Å². The minimum atomic E-state index is -4.47. The summed E-state index contributed by atoms with van der Waals surface area (Å²) in [5.41, 5.74) is -0.131. The van der Waals surface area contributed by atoms with Crippen LogP contribution < -0.4 is 14.8 Å². The Morgan fingerprint density at radius 1 is 0.939 bits per heavy atom. The standard InChI is InChI=1S/C23H21F3N2O4S/c1-32-19-10-8-18(9-11-19)28-33(30,31)20-12-6-17(7-13-20)22(29)27-15-14-16-4-2-3-5-21(16)23(24,25)26/h2-13,28H,14-15H2,1H3,(H,27,29). The maximum Gasteiger partial charge on any atom is 0.416 e. The van der Waals surface area contributed by atoms with Crippen molar-refractivity contribution in [3.63, 3.8) is 0 Å². The number of benzene rings is 3. The van der Waals surface area contributed by atoms with Crippen LogP contribution >= 0.6 is 0 Å². The van der Waals surface area contributed by atoms with Gasteiger partial charge in [0.1, 0.15) is 5.75 Å². The van der Waals surface area contributed by atoms with Crippen LogP contribution in [0.1, 0.15) is 21.5 Å². The van der Waals surface area contributed by atoms with Crippen LogP contribution in [0, 0.1) is 0 Å². The molecule has 6 nitrogen and oxygen atoms in total. The third kappa shape index (κ3) is 6.26. The Bertz CT molecular complexity index is 1210. The molecule has 3 aromatic carbocycles. The highest BCUT2D eigenvalue weighted by Gasteiger charge is 2.32. The highest BCUT2D eigenvalue weighted by Crippen LogP contribution is 2.31. The Hall–Kier alpha value is -3.53. The molecule has 0 aromatic heterocycles. The second-order valence-corrected chi connectivity index (χ2v) is 8.70. The van der Waals surface area contributed by atoms with E-state index in [4.69, 9.17) is 4.74 Å². The van der Waals surface area contributed by atoms with Gasteiger partial charge < -0.3 is 10.1 Å². The van der Waals surface area contributed by atoms with Crippen molar-refractivity contribution in [1.82, 2.24) is 5.32 Å². The summed E-state index contributed by atoms with van der Waals surface area (Å²) in [6.45, 7) is -0.00893. The van der Waals surface area contributed by atoms with Crippen molar-refractivity contribution >= 4 is 21.6 Å². The van der Waals surface area contributed by atoms with Crippen molar-refractivity contribution in [3.8, 4) is 5.75 Å². The fourth-order valence-electron chi connectivity index (χ4n) is 3.09. The van der Waals surface area contributed by atoms with E-state index in [9.17, 15) is 26.4 Å². The molecule has 2 N–H and O–H groups in total. The number of ether oxygens (including phenoxy) is 1. The van der Waals surface area contributed by atoms with E-state index in [2.05, 4.69) is 10.0 Å². The first-order chi connectivity index (χ1) is 15.6. The smallest absolute Gasteiger partial charge is 0.416 e. The van der Waals surface area contributed by atoms with Crippen molar-refractivity contribution < 1.29 is 31.1 Å². The highest BCUT2D eigenvalue weighted by molar-refractivity contribution is 7.92. The summed E-state index contributed by atoms with van der Waals surface area (Å²) in [6.07, 6.45) is -4.47. The van der Waals surface area contributed by atoms with Crippen LogP contribution in [0.5, 0.6) is 5.75 Å². The topological polar surface area (TPSA) is 84.5 Å². The first kappa shape index (κ1) is 24.1. The number of hydrogen-bond donors (Lipinski definition) is 2. The van der Waals surface area contributed by atoms with Crippen molar-refractivity contribution in [2.75, 3.05) is 18.4 Å². The predicted molar refractivity (Wildman–Crippen MR) is 118 cm³/mol. The Kier molecular flexibility index (Phi) is 7.27. The molecule has 33 heavy (non-hydrogen) atoms. The summed E-state index contributed by atoms with van der Waals surface area (Å²) in [6, 6.07) is 16.7. The number of anilines is 1. The number of carbonyl (C=O) groups is 1. The zero-order valence-electron chi connectivity index (χ0n) is 17.5. The maximum absolute atomic E-state index is 13.1. The van der Waals surface area contributed by atoms with Gasteiger partial charge in [-0.3, -0.25) is 9.52 Å². The predicted octanol–water partition coefficient (Wildman–Crippen LogP) is 4.49. The summed E-state index contributed by atoms with van der Waals surface area (Å²) < 4.78 is 71.7. The number of methoxy groups -OCH3 is 1. The van der Waals surface area contributed by atoms with Gasteiger partial charge in [-0.1, -0.05) is 18.2 Å². The van der Waals surface area contributed by atoms with Crippen LogP contribution in [0.15, 0.2) is 77.7 Å². The van der Waals surface area contributed by atoms with E-state index < -0.39 is 27.7 Å². The Morgan fingerprint density at radius 2 is 1.58 bits per heavy atom. The number of halogens is 3. The van der Waals surface area contributed by atoms with Crippen molar-refractivity contribution in [3.05, 3.63) is 89.5 Å². The molecule has 3 rings (SSSR count). The lowest BCUT2D eigenvalue weighted by molar-refractivity contribution is -0.138. The normalized spacial score (nSPS) is 11.6. The number of amides is 1. The van der Waals surface area contributed by atoms with Crippen LogP contribution in [0.3, 0.4) is 0 Å². The van der Waals surface area contributed by atoms with Crippen LogP contribution in [-0.4, -0.2) is 28.0 Å². The van der Waals surface area contributed by atoms with Gasteiger partial charge in [0.05, 0.1) is 17.6 Å². The number of rotatable bonds is 8. The minimum absolute atomic E-state index is 0.000330. The fourth-order valence-corrected chi connectivity index (χ4v) is 4.14. The van der Waals surface area contributed by atoms with Crippen LogP contribution in [-0.2, 0) is 22.6 Å². The summed E-state index contributed by atoms with van der Waals surface area (Å²) >= 11 is 0. The van der Waals surface area contributed by atoms with Gasteiger partial charge in [0, 0.05) is 17.8 Å². The molecule has 174 valence electrons. The van der Waals surface area contributed by atoms with Gasteiger partial charge in [-0.25, -0.2) is 8.42 Å². The molecule has 0 atom stereocenters. The van der Waals surface area contributed by atoms with E-state index in [1.54, 1.807) is 24.3 Å². The molecule has 0 bridgehead atoms. The minimum Gasteiger partial charge on any atom is -0.497 e. The monoisotopic (exact) mass is 478 g/mol. The SMILES string of the molecule is COc1ccc(NS(=O)(=O)c2ccc(C(=O)NCCc3ccccc3C(F)(F)F)cc2)cc1. The molecule has 3 aromatic rings. The van der Waals surface area contributed by atoms with Gasteiger partial charge in [-0.05, 0) is 66.6 Å². The lowest BCUT2D eigenvalue weighted by Crippen LogP contribution is -2.26. The van der Waals surface area contributed by atoms with E-state index in [0.29, 0.717) is 11.4 Å². The van der Waals surface area contributed by atoms with Gasteiger partial charge in [0.15, 0.2) is 0 Å². The molecule has 0 spiro atoms. The van der Waals surface area contributed by atoms with Crippen molar-refractivity contribution in [1.29, 1.82) is 0 Å². The molecular formula is C23H21F3N2O4S. The summed E-state index contributed by atoms with van der Waals surface area (Å²) in [7, 11) is -2.38. The highest BCUT2D eigenvalue weighted by atomic mass is 32.2. The lowest BCUT2D eigenvalue weighted by atomic mass is 10.0. The third-order valence-electron chi connectivity index (χ3n) is 4.77. The third-order valence-corrected chi connectivity index (χ3v) is 6.17. The van der Waals surface area contributed by atoms with Gasteiger partial charge in [-0.15, -0.1) is 0 Å². The molecule has 0 aliphatic carbocycles. The zero-order valence-corrected chi connectivity index (χ0v) is 18.3. The maximum atomic E-state index is 13.1. The summed E-state index contributed by atoms with van der Waals surface area (Å²) in [4.78, 5) is 12.3. The average Bonchev–Trinajstić information content (AvgIpc) is 2.79. The van der Waals surface area contributed by atoms with E-state index in [0.717, 1.165) is 6.07 Å². The Morgan fingerprint density at radius 3 is 2.18 bits per heavy atom. The second kappa shape index (κ2) is 9.95. The van der Waals surface area contributed by atoms with Gasteiger partial charge in [0.25, 0.3) is 15.9 Å². The molecule has 0 fully saturated rings. The molecular weight excluding hydrogens is 457 g/mol. The average molecular weight is 478 g/mol. The first-order valence-electron chi connectivity index (χ1n) is 9.80. The van der Waals surface area contributed by atoms with Gasteiger partial charge in [-0.2, -0.15) is 13.2 Å². The van der Waals surface area contributed by atoms with E-state index in [1.807, 2.05) is 0 Å². The quantitative estimate of drug-likeness (QED) is 0.500.